The first-order valence-corrected chi connectivity index (χ1v) is 13.8. The highest BCUT2D eigenvalue weighted by atomic mass is 35.5. The molecule has 1 unspecified atom stereocenters. The number of anilines is 1. The first kappa shape index (κ1) is 28.9. The minimum absolute atomic E-state index is 0.0314. The standard InChI is InChI=1S/C30H28Cl2N8O2/c1-18-37-23-9-7-20(11-25(23)38-18)15-35-30(42)27(12-19-5-3-2-4-6-19)39-17-36-24(14-29(39)41)22-13-21(31)8-10-26(22)40(34)16-28(32)33/h2-11,13-14,16-17,27H,12,15,33-34H2,1H3,(H,35,42)(H,37,38)/b28-16-. The number of aromatic amines is 1. The van der Waals surface area contributed by atoms with Crippen molar-refractivity contribution < 1.29 is 4.79 Å². The van der Waals surface area contributed by atoms with Crippen molar-refractivity contribution in [3.63, 3.8) is 0 Å². The molecule has 0 aliphatic carbocycles. The molecule has 6 N–H and O–H groups in total. The number of nitrogens with one attached hydrogen (secondary N) is 2. The quantitative estimate of drug-likeness (QED) is 0.110. The molecule has 5 rings (SSSR count). The highest BCUT2D eigenvalue weighted by molar-refractivity contribution is 6.31. The monoisotopic (exact) mass is 602 g/mol. The Hall–Kier alpha value is -4.64. The summed E-state index contributed by atoms with van der Waals surface area (Å²) in [6.45, 7) is 2.16. The van der Waals surface area contributed by atoms with Crippen LogP contribution in [0.25, 0.3) is 22.3 Å². The molecule has 214 valence electrons. The predicted octanol–water partition coefficient (Wildman–Crippen LogP) is 4.53. The summed E-state index contributed by atoms with van der Waals surface area (Å²) < 4.78 is 1.33. The van der Waals surface area contributed by atoms with E-state index >= 15 is 0 Å². The fourth-order valence-electron chi connectivity index (χ4n) is 4.69. The molecule has 10 nitrogen and oxygen atoms in total. The molecule has 0 bridgehead atoms. The maximum atomic E-state index is 13.6. The number of hydrogen-bond donors (Lipinski definition) is 4. The number of aryl methyl sites for hydroxylation is 1. The Labute approximate surface area is 251 Å². The first-order valence-electron chi connectivity index (χ1n) is 13.0. The summed E-state index contributed by atoms with van der Waals surface area (Å²) in [6, 6.07) is 20.7. The van der Waals surface area contributed by atoms with Gasteiger partial charge in [-0.05, 0) is 48.4 Å². The van der Waals surface area contributed by atoms with Gasteiger partial charge in [0.1, 0.15) is 17.0 Å². The van der Waals surface area contributed by atoms with E-state index in [0.717, 1.165) is 28.0 Å². The minimum Gasteiger partial charge on any atom is -0.388 e. The van der Waals surface area contributed by atoms with Crippen molar-refractivity contribution in [3.8, 4) is 11.3 Å². The van der Waals surface area contributed by atoms with Gasteiger partial charge >= 0.3 is 0 Å². The SMILES string of the molecule is Cc1nc2ccc(CNC(=O)C(Cc3ccccc3)n3cnc(-c4cc(Cl)ccc4N(N)/C=C(\N)Cl)cc3=O)cc2[nH]1. The van der Waals surface area contributed by atoms with Crippen LogP contribution in [-0.2, 0) is 17.8 Å². The van der Waals surface area contributed by atoms with Crippen molar-refractivity contribution in [3.05, 3.63) is 123 Å². The van der Waals surface area contributed by atoms with Gasteiger partial charge in [-0.15, -0.1) is 0 Å². The summed E-state index contributed by atoms with van der Waals surface area (Å²) in [5, 5.41) is 4.58. The third kappa shape index (κ3) is 6.63. The number of rotatable bonds is 9. The lowest BCUT2D eigenvalue weighted by Crippen LogP contribution is -2.38. The molecule has 12 heteroatoms. The first-order chi connectivity index (χ1) is 20.2. The van der Waals surface area contributed by atoms with Crippen molar-refractivity contribution in [2.24, 2.45) is 11.6 Å². The molecule has 0 spiro atoms. The van der Waals surface area contributed by atoms with Crippen LogP contribution < -0.4 is 27.5 Å². The third-order valence-electron chi connectivity index (χ3n) is 6.65. The van der Waals surface area contributed by atoms with Gasteiger partial charge in [-0.25, -0.2) is 15.8 Å². The zero-order chi connectivity index (χ0) is 29.8. The van der Waals surface area contributed by atoms with Gasteiger partial charge < -0.3 is 16.0 Å². The summed E-state index contributed by atoms with van der Waals surface area (Å²) in [4.78, 5) is 39.3. The molecule has 0 saturated heterocycles. The number of imidazole rings is 1. The Morgan fingerprint density at radius 1 is 1.12 bits per heavy atom. The summed E-state index contributed by atoms with van der Waals surface area (Å²) in [5.74, 6) is 6.61. The van der Waals surface area contributed by atoms with Crippen molar-refractivity contribution in [1.82, 2.24) is 24.8 Å². The lowest BCUT2D eigenvalue weighted by atomic mass is 10.0. The molecule has 2 aromatic heterocycles. The van der Waals surface area contributed by atoms with Crippen LogP contribution in [0.5, 0.6) is 0 Å². The van der Waals surface area contributed by atoms with Gasteiger partial charge in [0.05, 0.1) is 34.9 Å². The second-order valence-electron chi connectivity index (χ2n) is 9.70. The van der Waals surface area contributed by atoms with Crippen LogP contribution in [-0.4, -0.2) is 25.4 Å². The number of carbonyl (C=O) groups is 1. The number of hydrazine groups is 1. The van der Waals surface area contributed by atoms with E-state index in [1.807, 2.05) is 55.5 Å². The van der Waals surface area contributed by atoms with Gasteiger partial charge in [0.25, 0.3) is 5.56 Å². The largest absolute Gasteiger partial charge is 0.388 e. The lowest BCUT2D eigenvalue weighted by Gasteiger charge is -2.21. The number of benzene rings is 3. The van der Waals surface area contributed by atoms with Crippen LogP contribution in [0, 0.1) is 6.92 Å². The molecule has 0 aliphatic heterocycles. The zero-order valence-corrected chi connectivity index (χ0v) is 24.1. The van der Waals surface area contributed by atoms with Crippen molar-refractivity contribution in [2.45, 2.75) is 25.9 Å². The highest BCUT2D eigenvalue weighted by Gasteiger charge is 2.23. The van der Waals surface area contributed by atoms with Crippen LogP contribution in [0.3, 0.4) is 0 Å². The average Bonchev–Trinajstić information content (AvgIpc) is 3.34. The number of H-pyrrole nitrogens is 1. The summed E-state index contributed by atoms with van der Waals surface area (Å²) in [5.41, 5.74) is 9.94. The number of hydrogen-bond acceptors (Lipinski definition) is 7. The fraction of sp³-hybridized carbons (Fsp3) is 0.133. The highest BCUT2D eigenvalue weighted by Crippen LogP contribution is 2.31. The van der Waals surface area contributed by atoms with Crippen LogP contribution in [0.2, 0.25) is 5.02 Å². The van der Waals surface area contributed by atoms with Gasteiger partial charge in [0, 0.05) is 29.6 Å². The molecule has 0 saturated carbocycles. The Balaban J connectivity index is 1.46. The minimum atomic E-state index is -0.858. The van der Waals surface area contributed by atoms with Crippen molar-refractivity contribution >= 4 is 45.8 Å². The molecule has 42 heavy (non-hydrogen) atoms. The third-order valence-corrected chi connectivity index (χ3v) is 6.99. The number of nitrogens with zero attached hydrogens (tertiary/aromatic N) is 4. The van der Waals surface area contributed by atoms with E-state index in [2.05, 4.69) is 20.3 Å². The van der Waals surface area contributed by atoms with Crippen molar-refractivity contribution in [1.29, 1.82) is 0 Å². The molecular formula is C30H28Cl2N8O2. The molecule has 1 amide bonds. The maximum Gasteiger partial charge on any atom is 0.254 e. The second kappa shape index (κ2) is 12.5. The summed E-state index contributed by atoms with van der Waals surface area (Å²) in [6.07, 6.45) is 2.97. The molecule has 1 atom stereocenters. The maximum absolute atomic E-state index is 13.6. The Kier molecular flexibility index (Phi) is 8.58. The zero-order valence-electron chi connectivity index (χ0n) is 22.6. The number of aromatic nitrogens is 4. The number of nitrogens with two attached hydrogens (primary N) is 2. The Morgan fingerprint density at radius 3 is 2.64 bits per heavy atom. The number of amides is 1. The van der Waals surface area contributed by atoms with Crippen LogP contribution in [0.1, 0.15) is 23.0 Å². The summed E-state index contributed by atoms with van der Waals surface area (Å²) >= 11 is 12.1. The average molecular weight is 604 g/mol. The van der Waals surface area contributed by atoms with Gasteiger partial charge in [0.2, 0.25) is 5.91 Å². The predicted molar refractivity (Wildman–Crippen MR) is 166 cm³/mol. The summed E-state index contributed by atoms with van der Waals surface area (Å²) in [7, 11) is 0. The molecule has 0 aliphatic rings. The molecule has 5 aromatic rings. The van der Waals surface area contributed by atoms with E-state index in [1.54, 1.807) is 18.2 Å². The van der Waals surface area contributed by atoms with E-state index in [0.29, 0.717) is 22.0 Å². The van der Waals surface area contributed by atoms with E-state index in [-0.39, 0.29) is 24.0 Å². The smallest absolute Gasteiger partial charge is 0.254 e. The molecule has 2 heterocycles. The fourth-order valence-corrected chi connectivity index (χ4v) is 4.97. The normalized spacial score (nSPS) is 12.3. The van der Waals surface area contributed by atoms with E-state index in [4.69, 9.17) is 34.8 Å². The van der Waals surface area contributed by atoms with Gasteiger partial charge in [-0.2, -0.15) is 0 Å². The molecule has 0 radical (unpaired) electrons. The molecule has 3 aromatic carbocycles. The van der Waals surface area contributed by atoms with Crippen LogP contribution >= 0.6 is 23.2 Å². The number of halogens is 2. The van der Waals surface area contributed by atoms with E-state index in [1.165, 1.54) is 28.2 Å². The van der Waals surface area contributed by atoms with E-state index < -0.39 is 11.6 Å². The second-order valence-corrected chi connectivity index (χ2v) is 10.6. The van der Waals surface area contributed by atoms with Crippen LogP contribution in [0.4, 0.5) is 5.69 Å². The molecule has 0 fully saturated rings. The Bertz CT molecular complexity index is 1830. The number of fused-ring (bicyclic) bond motifs is 1. The number of carbonyl (C=O) groups excluding carboxylic acids is 1. The van der Waals surface area contributed by atoms with E-state index in [9.17, 15) is 9.59 Å². The lowest BCUT2D eigenvalue weighted by molar-refractivity contribution is -0.124. The topological polar surface area (TPSA) is 148 Å². The van der Waals surface area contributed by atoms with Gasteiger partial charge in [-0.3, -0.25) is 19.2 Å². The van der Waals surface area contributed by atoms with Gasteiger partial charge in [0.15, 0.2) is 0 Å². The van der Waals surface area contributed by atoms with Crippen LogP contribution in [0.15, 0.2) is 95.3 Å². The van der Waals surface area contributed by atoms with Gasteiger partial charge in [-0.1, -0.05) is 59.6 Å². The Morgan fingerprint density at radius 2 is 1.90 bits per heavy atom. The molecular weight excluding hydrogens is 575 g/mol. The van der Waals surface area contributed by atoms with Crippen molar-refractivity contribution in [2.75, 3.05) is 5.01 Å².